The molecular formula is C27H23N3O6S2. The normalized spacial score (nSPS) is 11.8. The van der Waals surface area contributed by atoms with E-state index in [-0.39, 0.29) is 12.1 Å². The van der Waals surface area contributed by atoms with Crippen LogP contribution in [-0.4, -0.2) is 30.7 Å². The topological polar surface area (TPSA) is 142 Å². The number of thiophene rings is 1. The molecule has 1 unspecified atom stereocenters. The third-order valence-corrected chi connectivity index (χ3v) is 7.47. The van der Waals surface area contributed by atoms with Gasteiger partial charge in [-0.25, -0.2) is 0 Å². The van der Waals surface area contributed by atoms with Gasteiger partial charge in [-0.2, -0.15) is 8.42 Å². The van der Waals surface area contributed by atoms with Gasteiger partial charge in [-0.15, -0.1) is 11.3 Å². The van der Waals surface area contributed by atoms with Crippen molar-refractivity contribution in [1.29, 1.82) is 0 Å². The first-order valence-corrected chi connectivity index (χ1v) is 13.7. The molecule has 1 heterocycles. The molecule has 0 spiro atoms. The lowest BCUT2D eigenvalue weighted by Crippen LogP contribution is -2.34. The molecule has 0 radical (unpaired) electrons. The van der Waals surface area contributed by atoms with Crippen LogP contribution in [0.3, 0.4) is 0 Å². The second-order valence-corrected chi connectivity index (χ2v) is 10.6. The van der Waals surface area contributed by atoms with Gasteiger partial charge < -0.3 is 16.0 Å². The van der Waals surface area contributed by atoms with Crippen LogP contribution in [0.1, 0.15) is 16.4 Å². The Morgan fingerprint density at radius 3 is 2.00 bits per heavy atom. The lowest BCUT2D eigenvalue weighted by Gasteiger charge is -2.15. The van der Waals surface area contributed by atoms with Gasteiger partial charge >= 0.3 is 11.8 Å². The highest BCUT2D eigenvalue weighted by atomic mass is 32.2. The smallest absolute Gasteiger partial charge is 0.313 e. The van der Waals surface area contributed by atoms with Crippen molar-refractivity contribution in [2.75, 3.05) is 10.6 Å². The summed E-state index contributed by atoms with van der Waals surface area (Å²) in [6.45, 7) is 0.0510. The van der Waals surface area contributed by atoms with Crippen molar-refractivity contribution in [3.8, 4) is 10.4 Å². The van der Waals surface area contributed by atoms with Crippen LogP contribution in [0.15, 0.2) is 96.4 Å². The zero-order valence-corrected chi connectivity index (χ0v) is 21.5. The molecule has 38 heavy (non-hydrogen) atoms. The fraction of sp³-hybridized carbons (Fsp3) is 0.0741. The minimum absolute atomic E-state index is 0.0510. The zero-order valence-electron chi connectivity index (χ0n) is 19.8. The Kier molecular flexibility index (Phi) is 8.31. The van der Waals surface area contributed by atoms with E-state index in [0.717, 1.165) is 10.4 Å². The van der Waals surface area contributed by atoms with Crippen LogP contribution < -0.4 is 16.0 Å². The van der Waals surface area contributed by atoms with Gasteiger partial charge in [0.05, 0.1) is 0 Å². The number of hydrogen-bond donors (Lipinski definition) is 4. The van der Waals surface area contributed by atoms with Gasteiger partial charge in [0.25, 0.3) is 10.1 Å². The van der Waals surface area contributed by atoms with Gasteiger partial charge in [-0.3, -0.25) is 18.9 Å². The molecule has 4 N–H and O–H groups in total. The van der Waals surface area contributed by atoms with Crippen LogP contribution >= 0.6 is 11.3 Å². The number of amides is 3. The SMILES string of the molecule is O=C(NCc1ccc(NC(=O)C(c2ccccc2)S(=O)(=O)O)cc1)C(=O)Nc1ccc(-c2cccs2)cc1. The van der Waals surface area contributed by atoms with E-state index in [1.807, 2.05) is 29.6 Å². The molecule has 0 bridgehead atoms. The highest BCUT2D eigenvalue weighted by Gasteiger charge is 2.32. The van der Waals surface area contributed by atoms with Crippen molar-refractivity contribution in [3.05, 3.63) is 108 Å². The van der Waals surface area contributed by atoms with Crippen LogP contribution in [-0.2, 0) is 31.0 Å². The van der Waals surface area contributed by atoms with Crippen LogP contribution in [0.5, 0.6) is 0 Å². The summed E-state index contributed by atoms with van der Waals surface area (Å²) in [6.07, 6.45) is 0. The molecule has 0 saturated heterocycles. The monoisotopic (exact) mass is 549 g/mol. The molecule has 194 valence electrons. The first kappa shape index (κ1) is 26.7. The Morgan fingerprint density at radius 1 is 0.763 bits per heavy atom. The molecule has 3 amide bonds. The van der Waals surface area contributed by atoms with Crippen LogP contribution in [0.2, 0.25) is 0 Å². The molecule has 4 rings (SSSR count). The molecule has 0 aliphatic heterocycles. The average molecular weight is 550 g/mol. The average Bonchev–Trinajstić information content (AvgIpc) is 3.43. The predicted molar refractivity (Wildman–Crippen MR) is 146 cm³/mol. The van der Waals surface area contributed by atoms with Crippen molar-refractivity contribution in [2.45, 2.75) is 11.8 Å². The lowest BCUT2D eigenvalue weighted by molar-refractivity contribution is -0.136. The third kappa shape index (κ3) is 6.91. The maximum absolute atomic E-state index is 12.6. The highest BCUT2D eigenvalue weighted by molar-refractivity contribution is 7.86. The van der Waals surface area contributed by atoms with Crippen LogP contribution in [0, 0.1) is 0 Å². The maximum atomic E-state index is 12.6. The Morgan fingerprint density at radius 2 is 1.39 bits per heavy atom. The van der Waals surface area contributed by atoms with Gasteiger partial charge in [0.1, 0.15) is 0 Å². The van der Waals surface area contributed by atoms with Crippen molar-refractivity contribution in [2.24, 2.45) is 0 Å². The molecule has 0 aliphatic rings. The highest BCUT2D eigenvalue weighted by Crippen LogP contribution is 2.26. The molecule has 11 heteroatoms. The maximum Gasteiger partial charge on any atom is 0.313 e. The summed E-state index contributed by atoms with van der Waals surface area (Å²) in [4.78, 5) is 38.2. The minimum atomic E-state index is -4.70. The lowest BCUT2D eigenvalue weighted by atomic mass is 10.1. The second-order valence-electron chi connectivity index (χ2n) is 8.18. The molecule has 3 aromatic carbocycles. The fourth-order valence-corrected chi connectivity index (χ4v) is 5.17. The van der Waals surface area contributed by atoms with Crippen LogP contribution in [0.25, 0.3) is 10.4 Å². The van der Waals surface area contributed by atoms with E-state index < -0.39 is 33.1 Å². The molecular weight excluding hydrogens is 526 g/mol. The largest absolute Gasteiger partial charge is 0.344 e. The predicted octanol–water partition coefficient (Wildman–Crippen LogP) is 4.24. The first-order valence-electron chi connectivity index (χ1n) is 11.3. The van der Waals surface area contributed by atoms with Crippen molar-refractivity contribution in [3.63, 3.8) is 0 Å². The molecule has 1 aromatic heterocycles. The summed E-state index contributed by atoms with van der Waals surface area (Å²) in [5.74, 6) is -2.54. The summed E-state index contributed by atoms with van der Waals surface area (Å²) in [5, 5.41) is 7.74. The Bertz CT molecular complexity index is 1520. The summed E-state index contributed by atoms with van der Waals surface area (Å²) in [5.41, 5.74) is 2.56. The van der Waals surface area contributed by atoms with Gasteiger partial charge in [0.2, 0.25) is 5.91 Å². The summed E-state index contributed by atoms with van der Waals surface area (Å²) in [6, 6.07) is 25.0. The standard InChI is InChI=1S/C27H23N3O6S2/c31-25(24(38(34,35)36)20-5-2-1-3-6-20)29-21-12-8-18(9-13-21)17-28-26(32)27(33)30-22-14-10-19(11-15-22)23-7-4-16-37-23/h1-16,24H,17H2,(H,28,32)(H,29,31)(H,30,33)(H,34,35,36). The van der Waals surface area contributed by atoms with Gasteiger partial charge in [-0.1, -0.05) is 60.7 Å². The second kappa shape index (κ2) is 11.8. The molecule has 0 saturated carbocycles. The third-order valence-electron chi connectivity index (χ3n) is 5.47. The van der Waals surface area contributed by atoms with E-state index in [0.29, 0.717) is 16.9 Å². The molecule has 1 atom stereocenters. The number of carbonyl (C=O) groups excluding carboxylic acids is 3. The first-order chi connectivity index (χ1) is 18.2. The quantitative estimate of drug-likeness (QED) is 0.191. The number of hydrogen-bond acceptors (Lipinski definition) is 6. The Balaban J connectivity index is 1.30. The van der Waals surface area contributed by atoms with Crippen molar-refractivity contribution in [1.82, 2.24) is 5.32 Å². The van der Waals surface area contributed by atoms with Gasteiger partial charge in [0, 0.05) is 22.8 Å². The molecule has 0 aliphatic carbocycles. The van der Waals surface area contributed by atoms with E-state index in [9.17, 15) is 27.4 Å². The number of carbonyl (C=O) groups is 3. The minimum Gasteiger partial charge on any atom is -0.344 e. The van der Waals surface area contributed by atoms with Gasteiger partial charge in [-0.05, 0) is 52.4 Å². The molecule has 4 aromatic rings. The van der Waals surface area contributed by atoms with E-state index in [1.54, 1.807) is 53.8 Å². The van der Waals surface area contributed by atoms with Crippen LogP contribution in [0.4, 0.5) is 11.4 Å². The molecule has 9 nitrogen and oxygen atoms in total. The van der Waals surface area contributed by atoms with E-state index in [4.69, 9.17) is 0 Å². The summed E-state index contributed by atoms with van der Waals surface area (Å²) < 4.78 is 33.2. The van der Waals surface area contributed by atoms with E-state index >= 15 is 0 Å². The van der Waals surface area contributed by atoms with E-state index in [1.165, 1.54) is 24.3 Å². The van der Waals surface area contributed by atoms with Gasteiger partial charge in [0.15, 0.2) is 5.25 Å². The number of nitrogens with one attached hydrogen (secondary N) is 3. The Labute approximate surface area is 223 Å². The number of anilines is 2. The van der Waals surface area contributed by atoms with Crippen molar-refractivity contribution >= 4 is 50.6 Å². The Hall–Kier alpha value is -4.32. The molecule has 0 fully saturated rings. The summed E-state index contributed by atoms with van der Waals surface area (Å²) >= 11 is 1.60. The summed E-state index contributed by atoms with van der Waals surface area (Å²) in [7, 11) is -4.70. The zero-order chi connectivity index (χ0) is 27.1. The fourth-order valence-electron chi connectivity index (χ4n) is 3.61. The number of benzene rings is 3. The number of rotatable bonds is 8. The van der Waals surface area contributed by atoms with E-state index in [2.05, 4.69) is 16.0 Å². The van der Waals surface area contributed by atoms with Crippen molar-refractivity contribution < 1.29 is 27.4 Å².